The van der Waals surface area contributed by atoms with E-state index in [0.717, 1.165) is 19.3 Å². The average Bonchev–Trinajstić information content (AvgIpc) is 2.40. The molecule has 2 atom stereocenters. The first-order chi connectivity index (χ1) is 5.29. The van der Waals surface area contributed by atoms with Gasteiger partial charge in [-0.3, -0.25) is 0 Å². The van der Waals surface area contributed by atoms with E-state index in [0.29, 0.717) is 0 Å². The molecule has 0 saturated heterocycles. The van der Waals surface area contributed by atoms with Crippen LogP contribution < -0.4 is 0 Å². The SMILES string of the molecule is COC(OC)[C@@H]1CCCC1O. The van der Waals surface area contributed by atoms with E-state index in [-0.39, 0.29) is 18.3 Å². The van der Waals surface area contributed by atoms with Gasteiger partial charge in [0.05, 0.1) is 6.10 Å². The van der Waals surface area contributed by atoms with Gasteiger partial charge in [-0.05, 0) is 12.8 Å². The van der Waals surface area contributed by atoms with Crippen molar-refractivity contribution >= 4 is 0 Å². The van der Waals surface area contributed by atoms with Crippen molar-refractivity contribution in [2.75, 3.05) is 14.2 Å². The molecule has 11 heavy (non-hydrogen) atoms. The second kappa shape index (κ2) is 4.04. The lowest BCUT2D eigenvalue weighted by Crippen LogP contribution is -2.30. The number of methoxy groups -OCH3 is 2. The third-order valence-electron chi connectivity index (χ3n) is 2.35. The minimum Gasteiger partial charge on any atom is -0.393 e. The van der Waals surface area contributed by atoms with E-state index in [1.54, 1.807) is 14.2 Å². The molecule has 0 aromatic rings. The highest BCUT2D eigenvalue weighted by molar-refractivity contribution is 4.78. The lowest BCUT2D eigenvalue weighted by atomic mass is 10.1. The third kappa shape index (κ3) is 1.92. The molecule has 3 nitrogen and oxygen atoms in total. The summed E-state index contributed by atoms with van der Waals surface area (Å²) >= 11 is 0. The first kappa shape index (κ1) is 8.97. The number of aliphatic hydroxyl groups excluding tert-OH is 1. The molecular weight excluding hydrogens is 144 g/mol. The predicted octanol–water partition coefficient (Wildman–Crippen LogP) is 0.766. The van der Waals surface area contributed by atoms with Crippen LogP contribution in [0.25, 0.3) is 0 Å². The molecule has 0 aromatic carbocycles. The quantitative estimate of drug-likeness (QED) is 0.620. The molecule has 0 aliphatic heterocycles. The Morgan fingerprint density at radius 2 is 1.91 bits per heavy atom. The van der Waals surface area contributed by atoms with Crippen molar-refractivity contribution in [2.45, 2.75) is 31.7 Å². The molecule has 0 radical (unpaired) electrons. The van der Waals surface area contributed by atoms with Crippen molar-refractivity contribution in [1.29, 1.82) is 0 Å². The normalized spacial score (nSPS) is 31.6. The molecule has 1 aliphatic carbocycles. The summed E-state index contributed by atoms with van der Waals surface area (Å²) in [5.74, 6) is 0.171. The van der Waals surface area contributed by atoms with Gasteiger partial charge in [-0.2, -0.15) is 0 Å². The molecule has 0 amide bonds. The highest BCUT2D eigenvalue weighted by Crippen LogP contribution is 2.29. The van der Waals surface area contributed by atoms with Gasteiger partial charge in [0.2, 0.25) is 0 Å². The van der Waals surface area contributed by atoms with Crippen LogP contribution in [0.5, 0.6) is 0 Å². The summed E-state index contributed by atoms with van der Waals surface area (Å²) in [5, 5.41) is 9.46. The van der Waals surface area contributed by atoms with Crippen molar-refractivity contribution in [2.24, 2.45) is 5.92 Å². The summed E-state index contributed by atoms with van der Waals surface area (Å²) < 4.78 is 10.1. The third-order valence-corrected chi connectivity index (χ3v) is 2.35. The molecule has 1 aliphatic rings. The fourth-order valence-electron chi connectivity index (χ4n) is 1.73. The first-order valence-electron chi connectivity index (χ1n) is 4.03. The van der Waals surface area contributed by atoms with Crippen LogP contribution in [0.15, 0.2) is 0 Å². The van der Waals surface area contributed by atoms with Crippen molar-refractivity contribution < 1.29 is 14.6 Å². The largest absolute Gasteiger partial charge is 0.393 e. The minimum absolute atomic E-state index is 0.171. The van der Waals surface area contributed by atoms with Gasteiger partial charge in [-0.1, -0.05) is 6.42 Å². The molecule has 0 aromatic heterocycles. The van der Waals surface area contributed by atoms with Crippen molar-refractivity contribution in [3.63, 3.8) is 0 Å². The molecule has 66 valence electrons. The molecule has 1 unspecified atom stereocenters. The zero-order valence-electron chi connectivity index (χ0n) is 7.12. The predicted molar refractivity (Wildman–Crippen MR) is 41.2 cm³/mol. The second-order valence-corrected chi connectivity index (χ2v) is 3.00. The maximum atomic E-state index is 9.46. The summed E-state index contributed by atoms with van der Waals surface area (Å²) in [7, 11) is 3.22. The van der Waals surface area contributed by atoms with E-state index in [1.165, 1.54) is 0 Å². The highest BCUT2D eigenvalue weighted by atomic mass is 16.7. The molecular formula is C8H16O3. The highest BCUT2D eigenvalue weighted by Gasteiger charge is 2.32. The summed E-state index contributed by atoms with van der Waals surface area (Å²) in [5.41, 5.74) is 0. The molecule has 1 fully saturated rings. The Morgan fingerprint density at radius 1 is 1.27 bits per heavy atom. The standard InChI is InChI=1S/C8H16O3/c1-10-8(11-2)6-4-3-5-7(6)9/h6-9H,3-5H2,1-2H3/t6-,7?/m1/s1. The van der Waals surface area contributed by atoms with E-state index >= 15 is 0 Å². The summed E-state index contributed by atoms with van der Waals surface area (Å²) in [4.78, 5) is 0. The molecule has 0 heterocycles. The molecule has 1 saturated carbocycles. The van der Waals surface area contributed by atoms with Crippen LogP contribution >= 0.6 is 0 Å². The van der Waals surface area contributed by atoms with Gasteiger partial charge in [0.15, 0.2) is 6.29 Å². The van der Waals surface area contributed by atoms with Gasteiger partial charge in [0.25, 0.3) is 0 Å². The Kier molecular flexibility index (Phi) is 3.30. The second-order valence-electron chi connectivity index (χ2n) is 3.00. The molecule has 0 spiro atoms. The van der Waals surface area contributed by atoms with Gasteiger partial charge in [-0.15, -0.1) is 0 Å². The number of hydrogen-bond donors (Lipinski definition) is 1. The number of aliphatic hydroxyl groups is 1. The maximum absolute atomic E-state index is 9.46. The summed E-state index contributed by atoms with van der Waals surface area (Å²) in [6.07, 6.45) is 2.50. The maximum Gasteiger partial charge on any atom is 0.162 e. The van der Waals surface area contributed by atoms with Crippen LogP contribution in [0.3, 0.4) is 0 Å². The van der Waals surface area contributed by atoms with Crippen LogP contribution in [-0.2, 0) is 9.47 Å². The van der Waals surface area contributed by atoms with Gasteiger partial charge >= 0.3 is 0 Å². The zero-order valence-corrected chi connectivity index (χ0v) is 7.12. The first-order valence-corrected chi connectivity index (χ1v) is 4.03. The summed E-state index contributed by atoms with van der Waals surface area (Å²) in [6, 6.07) is 0. The molecule has 0 bridgehead atoms. The lowest BCUT2D eigenvalue weighted by molar-refractivity contribution is -0.154. The molecule has 3 heteroatoms. The number of rotatable bonds is 3. The number of ether oxygens (including phenoxy) is 2. The average molecular weight is 160 g/mol. The van der Waals surface area contributed by atoms with Gasteiger partial charge in [0, 0.05) is 20.1 Å². The topological polar surface area (TPSA) is 38.7 Å². The molecule has 1 N–H and O–H groups in total. The fraction of sp³-hybridized carbons (Fsp3) is 1.00. The fourth-order valence-corrected chi connectivity index (χ4v) is 1.73. The van der Waals surface area contributed by atoms with Crippen LogP contribution in [0, 0.1) is 5.92 Å². The zero-order chi connectivity index (χ0) is 8.27. The smallest absolute Gasteiger partial charge is 0.162 e. The van der Waals surface area contributed by atoms with E-state index in [2.05, 4.69) is 0 Å². The van der Waals surface area contributed by atoms with E-state index in [4.69, 9.17) is 9.47 Å². The van der Waals surface area contributed by atoms with Gasteiger partial charge in [-0.25, -0.2) is 0 Å². The van der Waals surface area contributed by atoms with Crippen molar-refractivity contribution in [3.05, 3.63) is 0 Å². The Hall–Kier alpha value is -0.120. The lowest BCUT2D eigenvalue weighted by Gasteiger charge is -2.22. The van der Waals surface area contributed by atoms with E-state index in [1.807, 2.05) is 0 Å². The Balaban J connectivity index is 2.43. The van der Waals surface area contributed by atoms with E-state index in [9.17, 15) is 5.11 Å². The minimum atomic E-state index is -0.236. The Bertz CT molecular complexity index is 112. The Morgan fingerprint density at radius 3 is 2.27 bits per heavy atom. The number of hydrogen-bond acceptors (Lipinski definition) is 3. The van der Waals surface area contributed by atoms with Crippen LogP contribution in [0.4, 0.5) is 0 Å². The summed E-state index contributed by atoms with van der Waals surface area (Å²) in [6.45, 7) is 0. The molecule has 1 rings (SSSR count). The van der Waals surface area contributed by atoms with Crippen LogP contribution in [0.1, 0.15) is 19.3 Å². The van der Waals surface area contributed by atoms with Crippen molar-refractivity contribution in [3.8, 4) is 0 Å². The Labute approximate surface area is 67.3 Å². The van der Waals surface area contributed by atoms with Gasteiger partial charge in [0.1, 0.15) is 0 Å². The van der Waals surface area contributed by atoms with Crippen molar-refractivity contribution in [1.82, 2.24) is 0 Å². The van der Waals surface area contributed by atoms with Crippen LogP contribution in [0.2, 0.25) is 0 Å². The van der Waals surface area contributed by atoms with Gasteiger partial charge < -0.3 is 14.6 Å². The van der Waals surface area contributed by atoms with Crippen LogP contribution in [-0.4, -0.2) is 31.7 Å². The van der Waals surface area contributed by atoms with E-state index < -0.39 is 0 Å². The monoisotopic (exact) mass is 160 g/mol.